The van der Waals surface area contributed by atoms with Crippen molar-refractivity contribution in [3.05, 3.63) is 24.3 Å². The van der Waals surface area contributed by atoms with Crippen LogP contribution in [0.25, 0.3) is 0 Å². The molecule has 30 heavy (non-hydrogen) atoms. The Hall–Kier alpha value is -2.64. The highest BCUT2D eigenvalue weighted by molar-refractivity contribution is 5.87. The number of aliphatic carboxylic acids is 2. The molecule has 4 aliphatic rings. The first kappa shape index (κ1) is 20.6. The van der Waals surface area contributed by atoms with E-state index in [9.17, 15) is 29.4 Å². The van der Waals surface area contributed by atoms with Gasteiger partial charge >= 0.3 is 11.9 Å². The predicted octanol–water partition coefficient (Wildman–Crippen LogP) is 1.04. The van der Waals surface area contributed by atoms with Crippen molar-refractivity contribution in [1.29, 1.82) is 0 Å². The smallest absolute Gasteiger partial charge is 0.307 e. The second-order valence-corrected chi connectivity index (χ2v) is 8.97. The summed E-state index contributed by atoms with van der Waals surface area (Å²) < 4.78 is 0. The lowest BCUT2D eigenvalue weighted by molar-refractivity contribution is -0.148. The molecule has 4 aliphatic carbocycles. The highest BCUT2D eigenvalue weighted by Crippen LogP contribution is 2.49. The average molecular weight is 416 g/mol. The molecule has 162 valence electrons. The fraction of sp³-hybridized carbons (Fsp3) is 0.636. The Kier molecular flexibility index (Phi) is 5.66. The van der Waals surface area contributed by atoms with Gasteiger partial charge < -0.3 is 20.8 Å². The van der Waals surface area contributed by atoms with Crippen molar-refractivity contribution in [2.24, 2.45) is 47.3 Å². The molecule has 8 nitrogen and oxygen atoms in total. The Morgan fingerprint density at radius 2 is 0.967 bits per heavy atom. The van der Waals surface area contributed by atoms with Crippen LogP contribution < -0.4 is 10.6 Å². The summed E-state index contributed by atoms with van der Waals surface area (Å²) in [5.41, 5.74) is 0. The van der Waals surface area contributed by atoms with Crippen LogP contribution in [0.15, 0.2) is 24.3 Å². The Labute approximate surface area is 174 Å². The van der Waals surface area contributed by atoms with Crippen molar-refractivity contribution in [3.63, 3.8) is 0 Å². The lowest BCUT2D eigenvalue weighted by Gasteiger charge is -2.24. The zero-order valence-corrected chi connectivity index (χ0v) is 16.7. The molecule has 4 rings (SSSR count). The summed E-state index contributed by atoms with van der Waals surface area (Å²) in [6.07, 6.45) is 10.5. The van der Waals surface area contributed by atoms with Gasteiger partial charge in [0.05, 0.1) is 23.7 Å². The van der Waals surface area contributed by atoms with Crippen LogP contribution in [0.3, 0.4) is 0 Å². The number of rotatable bonds is 9. The molecular weight excluding hydrogens is 388 g/mol. The molecule has 0 aliphatic heterocycles. The first-order valence-electron chi connectivity index (χ1n) is 10.8. The summed E-state index contributed by atoms with van der Waals surface area (Å²) in [4.78, 5) is 48.0. The number of fused-ring (bicyclic) bond motifs is 4. The molecule has 0 heterocycles. The molecule has 4 bridgehead atoms. The molecule has 0 aromatic rings. The molecule has 0 aromatic heterocycles. The summed E-state index contributed by atoms with van der Waals surface area (Å²) >= 11 is 0. The van der Waals surface area contributed by atoms with Gasteiger partial charge in [0.2, 0.25) is 11.8 Å². The van der Waals surface area contributed by atoms with Gasteiger partial charge in [-0.1, -0.05) is 24.3 Å². The average Bonchev–Trinajstić information content (AvgIpc) is 3.48. The molecule has 0 spiro atoms. The second kappa shape index (κ2) is 8.24. The molecule has 0 unspecified atom stereocenters. The van der Waals surface area contributed by atoms with E-state index in [4.69, 9.17) is 0 Å². The number of amides is 2. The summed E-state index contributed by atoms with van der Waals surface area (Å²) in [6, 6.07) is 0. The third-order valence-electron chi connectivity index (χ3n) is 7.30. The molecule has 4 N–H and O–H groups in total. The van der Waals surface area contributed by atoms with Crippen LogP contribution in [0.1, 0.15) is 25.7 Å². The number of carbonyl (C=O) groups excluding carboxylic acids is 2. The van der Waals surface area contributed by atoms with E-state index in [1.165, 1.54) is 0 Å². The molecule has 0 saturated heterocycles. The number of carboxylic acids is 2. The molecule has 2 saturated carbocycles. The van der Waals surface area contributed by atoms with Crippen molar-refractivity contribution in [3.8, 4) is 0 Å². The van der Waals surface area contributed by atoms with Crippen LogP contribution in [0.4, 0.5) is 0 Å². The highest BCUT2D eigenvalue weighted by Gasteiger charge is 2.52. The van der Waals surface area contributed by atoms with Crippen molar-refractivity contribution < 1.29 is 29.4 Å². The molecule has 0 aromatic carbocycles. The van der Waals surface area contributed by atoms with Gasteiger partial charge in [0, 0.05) is 13.1 Å². The van der Waals surface area contributed by atoms with Crippen molar-refractivity contribution in [2.75, 3.05) is 13.1 Å². The molecule has 2 fully saturated rings. The zero-order chi connectivity index (χ0) is 21.4. The summed E-state index contributed by atoms with van der Waals surface area (Å²) in [5, 5.41) is 24.6. The standard InChI is InChI=1S/C22H28N2O6/c25-19(15-11-3-5-13(9-11)17(15)21(27)28)23-7-1-2-8-24-20(26)16-12-4-6-14(10-12)18(16)22(29)30/h3-6,11-18H,1-2,7-10H2,(H,23,25)(H,24,26)(H,27,28)(H,29,30)/t11-,12-,13-,14-,15+,16+,17-,18-/m0/s1. The van der Waals surface area contributed by atoms with Crippen LogP contribution in [-0.4, -0.2) is 47.1 Å². The normalized spacial score (nSPS) is 37.5. The largest absolute Gasteiger partial charge is 0.481 e. The van der Waals surface area contributed by atoms with E-state index in [-0.39, 0.29) is 35.5 Å². The monoisotopic (exact) mass is 416 g/mol. The molecular formula is C22H28N2O6. The second-order valence-electron chi connectivity index (χ2n) is 8.97. The van der Waals surface area contributed by atoms with Crippen molar-refractivity contribution in [1.82, 2.24) is 10.6 Å². The van der Waals surface area contributed by atoms with E-state index in [0.717, 1.165) is 12.8 Å². The summed E-state index contributed by atoms with van der Waals surface area (Å²) in [5.74, 6) is -4.61. The topological polar surface area (TPSA) is 133 Å². The maximum absolute atomic E-state index is 12.5. The SMILES string of the molecule is O=C(O)[C@@H]1[C@H](C(=O)NCCCCNC(=O)[C@H]2[C@@H](C(=O)O)[C@H]3C=C[C@H]2C3)[C@H]2C=C[C@H]1C2. The quantitative estimate of drug-likeness (QED) is 0.328. The summed E-state index contributed by atoms with van der Waals surface area (Å²) in [7, 11) is 0. The maximum Gasteiger partial charge on any atom is 0.307 e. The Morgan fingerprint density at radius 3 is 1.30 bits per heavy atom. The fourth-order valence-electron chi connectivity index (χ4n) is 5.94. The van der Waals surface area contributed by atoms with E-state index in [0.29, 0.717) is 25.9 Å². The minimum atomic E-state index is -0.912. The van der Waals surface area contributed by atoms with Crippen LogP contribution in [-0.2, 0) is 19.2 Å². The predicted molar refractivity (Wildman–Crippen MR) is 106 cm³/mol. The van der Waals surface area contributed by atoms with Crippen LogP contribution in [0.5, 0.6) is 0 Å². The van der Waals surface area contributed by atoms with Gasteiger partial charge in [0.15, 0.2) is 0 Å². The maximum atomic E-state index is 12.5. The lowest BCUT2D eigenvalue weighted by atomic mass is 9.82. The van der Waals surface area contributed by atoms with E-state index < -0.39 is 35.6 Å². The van der Waals surface area contributed by atoms with Gasteiger partial charge in [-0.15, -0.1) is 0 Å². The number of nitrogens with one attached hydrogen (secondary N) is 2. The number of carbonyl (C=O) groups is 4. The number of hydrogen-bond donors (Lipinski definition) is 4. The Morgan fingerprint density at radius 1 is 0.633 bits per heavy atom. The highest BCUT2D eigenvalue weighted by atomic mass is 16.4. The molecule has 8 heteroatoms. The first-order valence-corrected chi connectivity index (χ1v) is 10.8. The van der Waals surface area contributed by atoms with E-state index in [1.54, 1.807) is 0 Å². The van der Waals surface area contributed by atoms with Gasteiger partial charge in [0.1, 0.15) is 0 Å². The number of hydrogen-bond acceptors (Lipinski definition) is 4. The third kappa shape index (κ3) is 3.63. The van der Waals surface area contributed by atoms with Crippen molar-refractivity contribution >= 4 is 23.8 Å². The van der Waals surface area contributed by atoms with E-state index in [2.05, 4.69) is 10.6 Å². The Bertz CT molecular complexity index is 739. The van der Waals surface area contributed by atoms with Crippen LogP contribution in [0, 0.1) is 47.3 Å². The minimum absolute atomic E-state index is 0.00774. The molecule has 8 atom stereocenters. The van der Waals surface area contributed by atoms with Gasteiger partial charge in [-0.3, -0.25) is 19.2 Å². The first-order chi connectivity index (χ1) is 14.4. The minimum Gasteiger partial charge on any atom is -0.481 e. The Balaban J connectivity index is 1.17. The third-order valence-corrected chi connectivity index (χ3v) is 7.30. The fourth-order valence-corrected chi connectivity index (χ4v) is 5.94. The van der Waals surface area contributed by atoms with E-state index in [1.807, 2.05) is 24.3 Å². The molecule has 0 radical (unpaired) electrons. The van der Waals surface area contributed by atoms with Crippen LogP contribution >= 0.6 is 0 Å². The number of allylic oxidation sites excluding steroid dienone is 4. The number of carboxylic acid groups (broad SMARTS) is 2. The van der Waals surface area contributed by atoms with Gasteiger partial charge in [-0.25, -0.2) is 0 Å². The van der Waals surface area contributed by atoms with Gasteiger partial charge in [-0.2, -0.15) is 0 Å². The number of unbranched alkanes of at least 4 members (excludes halogenated alkanes) is 1. The van der Waals surface area contributed by atoms with E-state index >= 15 is 0 Å². The summed E-state index contributed by atoms with van der Waals surface area (Å²) in [6.45, 7) is 0.848. The van der Waals surface area contributed by atoms with Gasteiger partial charge in [0.25, 0.3) is 0 Å². The van der Waals surface area contributed by atoms with Crippen molar-refractivity contribution in [2.45, 2.75) is 25.7 Å². The lowest BCUT2D eigenvalue weighted by Crippen LogP contribution is -2.41. The van der Waals surface area contributed by atoms with Crippen LogP contribution in [0.2, 0.25) is 0 Å². The molecule has 2 amide bonds. The zero-order valence-electron chi connectivity index (χ0n) is 16.7. The van der Waals surface area contributed by atoms with Gasteiger partial charge in [-0.05, 0) is 49.4 Å².